The van der Waals surface area contributed by atoms with Gasteiger partial charge >= 0.3 is 5.97 Å². The molecular formula is C15H28N2O2. The number of piperidine rings is 1. The van der Waals surface area contributed by atoms with Crippen molar-refractivity contribution in [2.75, 3.05) is 19.6 Å². The Kier molecular flexibility index (Phi) is 5.22. The van der Waals surface area contributed by atoms with Gasteiger partial charge in [-0.05, 0) is 31.2 Å². The molecule has 4 nitrogen and oxygen atoms in total. The number of nitrogens with one attached hydrogen (secondary N) is 1. The summed E-state index contributed by atoms with van der Waals surface area (Å²) in [6.07, 6.45) is 6.76. The average molecular weight is 268 g/mol. The molecule has 0 radical (unpaired) electrons. The standard InChI is InChI=1S/C15H28N2O2/c1-11(2)16-14(15(18)19)10-17-8-7-12-5-3-4-6-13(12)9-17/h11-14,16H,3-10H2,1-2H3,(H,18,19). The maximum Gasteiger partial charge on any atom is 0.322 e. The van der Waals surface area contributed by atoms with Gasteiger partial charge in [0.15, 0.2) is 0 Å². The SMILES string of the molecule is CC(C)NC(CN1CCC2CCCCC2C1)C(=O)O. The molecule has 0 spiro atoms. The Hall–Kier alpha value is -0.610. The number of nitrogens with zero attached hydrogens (tertiary/aromatic N) is 1. The molecule has 1 heterocycles. The maximum absolute atomic E-state index is 11.3. The van der Waals surface area contributed by atoms with Gasteiger partial charge < -0.3 is 15.3 Å². The molecule has 0 amide bonds. The molecule has 0 bridgehead atoms. The van der Waals surface area contributed by atoms with Gasteiger partial charge in [0.1, 0.15) is 6.04 Å². The van der Waals surface area contributed by atoms with Crippen LogP contribution in [-0.4, -0.2) is 47.7 Å². The topological polar surface area (TPSA) is 52.6 Å². The third-order valence-electron chi connectivity index (χ3n) is 4.65. The first kappa shape index (κ1) is 14.8. The van der Waals surface area contributed by atoms with Gasteiger partial charge in [-0.2, -0.15) is 0 Å². The van der Waals surface area contributed by atoms with Crippen LogP contribution in [0.2, 0.25) is 0 Å². The monoisotopic (exact) mass is 268 g/mol. The summed E-state index contributed by atoms with van der Waals surface area (Å²) in [5, 5.41) is 12.5. The maximum atomic E-state index is 11.3. The van der Waals surface area contributed by atoms with Gasteiger partial charge in [0.25, 0.3) is 0 Å². The van der Waals surface area contributed by atoms with E-state index in [9.17, 15) is 9.90 Å². The van der Waals surface area contributed by atoms with E-state index in [-0.39, 0.29) is 6.04 Å². The summed E-state index contributed by atoms with van der Waals surface area (Å²) in [5.74, 6) is 1.00. The zero-order valence-corrected chi connectivity index (χ0v) is 12.3. The third-order valence-corrected chi connectivity index (χ3v) is 4.65. The number of hydrogen-bond donors (Lipinski definition) is 2. The van der Waals surface area contributed by atoms with Crippen LogP contribution >= 0.6 is 0 Å². The summed E-state index contributed by atoms with van der Waals surface area (Å²) in [7, 11) is 0. The fourth-order valence-electron chi connectivity index (χ4n) is 3.70. The van der Waals surface area contributed by atoms with Crippen molar-refractivity contribution in [3.8, 4) is 0 Å². The number of hydrogen-bond acceptors (Lipinski definition) is 3. The highest BCUT2D eigenvalue weighted by molar-refractivity contribution is 5.73. The van der Waals surface area contributed by atoms with E-state index in [0.717, 1.165) is 24.9 Å². The summed E-state index contributed by atoms with van der Waals surface area (Å²) < 4.78 is 0. The van der Waals surface area contributed by atoms with Crippen LogP contribution in [0.15, 0.2) is 0 Å². The van der Waals surface area contributed by atoms with Crippen LogP contribution in [0.4, 0.5) is 0 Å². The van der Waals surface area contributed by atoms with Crippen molar-refractivity contribution < 1.29 is 9.90 Å². The van der Waals surface area contributed by atoms with E-state index in [1.54, 1.807) is 0 Å². The average Bonchev–Trinajstić information content (AvgIpc) is 2.37. The first-order chi connectivity index (χ1) is 9.06. The van der Waals surface area contributed by atoms with Crippen LogP contribution in [0.25, 0.3) is 0 Å². The fourth-order valence-corrected chi connectivity index (χ4v) is 3.70. The summed E-state index contributed by atoms with van der Waals surface area (Å²) in [4.78, 5) is 13.7. The number of carboxylic acids is 1. The fraction of sp³-hybridized carbons (Fsp3) is 0.933. The quantitative estimate of drug-likeness (QED) is 0.800. The number of carboxylic acid groups (broad SMARTS) is 1. The summed E-state index contributed by atoms with van der Waals surface area (Å²) >= 11 is 0. The minimum absolute atomic E-state index is 0.216. The Balaban J connectivity index is 1.86. The molecule has 0 aromatic heterocycles. The van der Waals surface area contributed by atoms with E-state index in [2.05, 4.69) is 10.2 Å². The van der Waals surface area contributed by atoms with Crippen LogP contribution in [0.5, 0.6) is 0 Å². The van der Waals surface area contributed by atoms with Crippen LogP contribution in [0.3, 0.4) is 0 Å². The van der Waals surface area contributed by atoms with Crippen LogP contribution in [-0.2, 0) is 4.79 Å². The van der Waals surface area contributed by atoms with E-state index in [1.165, 1.54) is 32.1 Å². The lowest BCUT2D eigenvalue weighted by Gasteiger charge is -2.42. The van der Waals surface area contributed by atoms with E-state index >= 15 is 0 Å². The van der Waals surface area contributed by atoms with Crippen LogP contribution in [0, 0.1) is 11.8 Å². The number of fused-ring (bicyclic) bond motifs is 1. The molecule has 1 saturated carbocycles. The van der Waals surface area contributed by atoms with Crippen LogP contribution in [0.1, 0.15) is 46.0 Å². The van der Waals surface area contributed by atoms with Gasteiger partial charge in [0.05, 0.1) is 0 Å². The van der Waals surface area contributed by atoms with E-state index < -0.39 is 12.0 Å². The minimum atomic E-state index is -0.723. The van der Waals surface area contributed by atoms with E-state index in [0.29, 0.717) is 6.54 Å². The molecule has 1 aliphatic heterocycles. The molecule has 4 heteroatoms. The lowest BCUT2D eigenvalue weighted by molar-refractivity contribution is -0.140. The molecular weight excluding hydrogens is 240 g/mol. The zero-order chi connectivity index (χ0) is 13.8. The molecule has 3 atom stereocenters. The highest BCUT2D eigenvalue weighted by Crippen LogP contribution is 2.35. The molecule has 110 valence electrons. The van der Waals surface area contributed by atoms with Gasteiger partial charge in [-0.25, -0.2) is 0 Å². The Bertz CT molecular complexity index is 307. The summed E-state index contributed by atoms with van der Waals surface area (Å²) in [6, 6.07) is -0.214. The second kappa shape index (κ2) is 6.71. The normalized spacial score (nSPS) is 30.1. The Morgan fingerprint density at radius 1 is 1.26 bits per heavy atom. The molecule has 2 N–H and O–H groups in total. The van der Waals surface area contributed by atoms with E-state index in [1.807, 2.05) is 13.8 Å². The number of likely N-dealkylation sites (tertiary alicyclic amines) is 1. The molecule has 1 aliphatic carbocycles. The minimum Gasteiger partial charge on any atom is -0.480 e. The second-order valence-electron chi connectivity index (χ2n) is 6.57. The number of aliphatic carboxylic acids is 1. The van der Waals surface area contributed by atoms with Crippen molar-refractivity contribution in [1.82, 2.24) is 10.2 Å². The highest BCUT2D eigenvalue weighted by Gasteiger charge is 2.32. The van der Waals surface area contributed by atoms with Gasteiger partial charge in [-0.15, -0.1) is 0 Å². The largest absolute Gasteiger partial charge is 0.480 e. The second-order valence-corrected chi connectivity index (χ2v) is 6.57. The molecule has 1 saturated heterocycles. The Labute approximate surface area is 116 Å². The number of carbonyl (C=O) groups is 1. The molecule has 0 aromatic carbocycles. The first-order valence-corrected chi connectivity index (χ1v) is 7.77. The third kappa shape index (κ3) is 4.18. The van der Waals surface area contributed by atoms with Gasteiger partial charge in [-0.1, -0.05) is 33.1 Å². The van der Waals surface area contributed by atoms with Crippen molar-refractivity contribution in [1.29, 1.82) is 0 Å². The molecule has 2 aliphatic rings. The van der Waals surface area contributed by atoms with E-state index in [4.69, 9.17) is 0 Å². The van der Waals surface area contributed by atoms with Crippen LogP contribution < -0.4 is 5.32 Å². The Morgan fingerprint density at radius 2 is 1.95 bits per heavy atom. The summed E-state index contributed by atoms with van der Waals surface area (Å²) in [6.45, 7) is 6.84. The smallest absolute Gasteiger partial charge is 0.322 e. The van der Waals surface area contributed by atoms with Gasteiger partial charge in [0.2, 0.25) is 0 Å². The van der Waals surface area contributed by atoms with Crippen molar-refractivity contribution >= 4 is 5.97 Å². The van der Waals surface area contributed by atoms with Crippen molar-refractivity contribution in [2.45, 2.75) is 58.0 Å². The Morgan fingerprint density at radius 3 is 2.58 bits per heavy atom. The summed E-state index contributed by atoms with van der Waals surface area (Å²) in [5.41, 5.74) is 0. The lowest BCUT2D eigenvalue weighted by atomic mass is 9.75. The highest BCUT2D eigenvalue weighted by atomic mass is 16.4. The molecule has 0 aromatic rings. The molecule has 2 fully saturated rings. The predicted octanol–water partition coefficient (Wildman–Crippen LogP) is 1.95. The first-order valence-electron chi connectivity index (χ1n) is 7.77. The number of rotatable bonds is 5. The molecule has 19 heavy (non-hydrogen) atoms. The van der Waals surface area contributed by atoms with Crippen molar-refractivity contribution in [3.63, 3.8) is 0 Å². The molecule has 3 unspecified atom stereocenters. The molecule has 2 rings (SSSR count). The predicted molar refractivity (Wildman–Crippen MR) is 76.2 cm³/mol. The van der Waals surface area contributed by atoms with Gasteiger partial charge in [0, 0.05) is 19.1 Å². The van der Waals surface area contributed by atoms with Gasteiger partial charge in [-0.3, -0.25) is 4.79 Å². The van der Waals surface area contributed by atoms with Crippen molar-refractivity contribution in [3.05, 3.63) is 0 Å². The lowest BCUT2D eigenvalue weighted by Crippen LogP contribution is -2.52. The zero-order valence-electron chi connectivity index (χ0n) is 12.3. The van der Waals surface area contributed by atoms with Crippen molar-refractivity contribution in [2.24, 2.45) is 11.8 Å².